The fourth-order valence-corrected chi connectivity index (χ4v) is 3.03. The first-order chi connectivity index (χ1) is 9.72. The van der Waals surface area contributed by atoms with Crippen molar-refractivity contribution >= 4 is 16.6 Å². The van der Waals surface area contributed by atoms with Gasteiger partial charge in [-0.1, -0.05) is 31.2 Å². The Morgan fingerprint density at radius 2 is 2.00 bits per heavy atom. The highest BCUT2D eigenvalue weighted by atomic mass is 19.1. The van der Waals surface area contributed by atoms with Crippen molar-refractivity contribution < 1.29 is 13.9 Å². The van der Waals surface area contributed by atoms with Gasteiger partial charge in [0.1, 0.15) is 5.82 Å². The molecule has 0 N–H and O–H groups in total. The van der Waals surface area contributed by atoms with Crippen molar-refractivity contribution in [2.75, 3.05) is 6.61 Å². The minimum atomic E-state index is -0.285. The monoisotopic (exact) mass is 272 g/mol. The van der Waals surface area contributed by atoms with Gasteiger partial charge in [-0.05, 0) is 30.4 Å². The van der Waals surface area contributed by atoms with Crippen LogP contribution in [0.5, 0.6) is 0 Å². The van der Waals surface area contributed by atoms with Gasteiger partial charge in [0.05, 0.1) is 12.0 Å². The van der Waals surface area contributed by atoms with Crippen molar-refractivity contribution in [3.8, 4) is 0 Å². The van der Waals surface area contributed by atoms with Gasteiger partial charge in [0, 0.05) is 17.6 Å². The molecule has 3 rings (SSSR count). The lowest BCUT2D eigenvalue weighted by atomic mass is 9.88. The lowest BCUT2D eigenvalue weighted by Crippen LogP contribution is -2.24. The maximum absolute atomic E-state index is 13.8. The molecule has 20 heavy (non-hydrogen) atoms. The maximum atomic E-state index is 13.8. The Kier molecular flexibility index (Phi) is 3.53. The van der Waals surface area contributed by atoms with Crippen LogP contribution in [0.15, 0.2) is 36.4 Å². The molecule has 1 aliphatic heterocycles. The maximum Gasteiger partial charge on any atom is 0.169 e. The van der Waals surface area contributed by atoms with E-state index in [1.165, 1.54) is 6.07 Å². The number of carbonyl (C=O) groups excluding carboxylic acids is 1. The normalized spacial score (nSPS) is 22.3. The predicted molar refractivity (Wildman–Crippen MR) is 76.4 cm³/mol. The molecule has 0 aliphatic carbocycles. The van der Waals surface area contributed by atoms with Gasteiger partial charge in [-0.2, -0.15) is 0 Å². The Labute approximate surface area is 117 Å². The molecule has 0 radical (unpaired) electrons. The number of carbonyl (C=O) groups is 1. The number of hydrogen-bond donors (Lipinski definition) is 0. The average molecular weight is 272 g/mol. The quantitative estimate of drug-likeness (QED) is 0.790. The van der Waals surface area contributed by atoms with Crippen LogP contribution in [0.3, 0.4) is 0 Å². The Bertz CT molecular complexity index is 650. The molecular formula is C17H17FO2. The summed E-state index contributed by atoms with van der Waals surface area (Å²) >= 11 is 0. The van der Waals surface area contributed by atoms with Crippen LogP contribution in [-0.2, 0) is 4.74 Å². The van der Waals surface area contributed by atoms with Gasteiger partial charge < -0.3 is 4.74 Å². The third kappa shape index (κ3) is 2.12. The molecule has 2 aromatic rings. The number of ketones is 1. The molecule has 1 heterocycles. The first-order valence-corrected chi connectivity index (χ1v) is 7.05. The predicted octanol–water partition coefficient (Wildman–Crippen LogP) is 3.98. The smallest absolute Gasteiger partial charge is 0.169 e. The van der Waals surface area contributed by atoms with Gasteiger partial charge in [-0.25, -0.2) is 4.39 Å². The zero-order valence-electron chi connectivity index (χ0n) is 11.4. The summed E-state index contributed by atoms with van der Waals surface area (Å²) < 4.78 is 19.4. The van der Waals surface area contributed by atoms with Gasteiger partial charge in [0.25, 0.3) is 0 Å². The van der Waals surface area contributed by atoms with Crippen molar-refractivity contribution in [2.45, 2.75) is 25.9 Å². The number of halogens is 1. The molecule has 1 aliphatic rings. The van der Waals surface area contributed by atoms with Crippen LogP contribution in [0.4, 0.5) is 4.39 Å². The summed E-state index contributed by atoms with van der Waals surface area (Å²) in [6.45, 7) is 2.66. The second-order valence-corrected chi connectivity index (χ2v) is 5.22. The van der Waals surface area contributed by atoms with E-state index in [0.29, 0.717) is 22.9 Å². The lowest BCUT2D eigenvalue weighted by Gasteiger charge is -2.16. The van der Waals surface area contributed by atoms with Crippen LogP contribution in [0.2, 0.25) is 0 Å². The highest BCUT2D eigenvalue weighted by Gasteiger charge is 2.33. The minimum absolute atomic E-state index is 0.00804. The van der Waals surface area contributed by atoms with Crippen LogP contribution in [0, 0.1) is 11.7 Å². The standard InChI is InChI=1S/C17H17FO2/c1-2-16-14(9-10-20-16)17(19)13-7-8-15(18)12-6-4-3-5-11(12)13/h3-8,14,16H,2,9-10H2,1H3. The van der Waals surface area contributed by atoms with Crippen LogP contribution in [-0.4, -0.2) is 18.5 Å². The number of fused-ring (bicyclic) bond motifs is 1. The second kappa shape index (κ2) is 5.33. The Morgan fingerprint density at radius 1 is 1.25 bits per heavy atom. The summed E-state index contributed by atoms with van der Waals surface area (Å²) in [7, 11) is 0. The summed E-state index contributed by atoms with van der Waals surface area (Å²) in [5.74, 6) is -0.314. The van der Waals surface area contributed by atoms with Crippen LogP contribution < -0.4 is 0 Å². The van der Waals surface area contributed by atoms with Crippen molar-refractivity contribution in [2.24, 2.45) is 5.92 Å². The first kappa shape index (κ1) is 13.3. The molecule has 1 fully saturated rings. The van der Waals surface area contributed by atoms with Gasteiger partial charge in [-0.3, -0.25) is 4.79 Å². The minimum Gasteiger partial charge on any atom is -0.377 e. The summed E-state index contributed by atoms with van der Waals surface area (Å²) in [5, 5.41) is 1.20. The van der Waals surface area contributed by atoms with Crippen LogP contribution in [0.1, 0.15) is 30.1 Å². The molecule has 0 bridgehead atoms. The van der Waals surface area contributed by atoms with E-state index in [1.807, 2.05) is 19.1 Å². The third-order valence-electron chi connectivity index (χ3n) is 4.09. The molecule has 2 aromatic carbocycles. The molecule has 2 unspecified atom stereocenters. The molecule has 3 heteroatoms. The Hall–Kier alpha value is -1.74. The van der Waals surface area contributed by atoms with Crippen molar-refractivity contribution in [1.82, 2.24) is 0 Å². The van der Waals surface area contributed by atoms with E-state index in [2.05, 4.69) is 0 Å². The fraction of sp³-hybridized carbons (Fsp3) is 0.353. The van der Waals surface area contributed by atoms with Gasteiger partial charge in [0.15, 0.2) is 5.78 Å². The molecule has 0 aromatic heterocycles. The van der Waals surface area contributed by atoms with E-state index < -0.39 is 0 Å². The summed E-state index contributed by atoms with van der Waals surface area (Å²) in [6, 6.07) is 10.1. The van der Waals surface area contributed by atoms with E-state index in [0.717, 1.165) is 12.8 Å². The molecule has 104 valence electrons. The van der Waals surface area contributed by atoms with E-state index >= 15 is 0 Å². The molecular weight excluding hydrogens is 255 g/mol. The topological polar surface area (TPSA) is 26.3 Å². The molecule has 0 spiro atoms. The SMILES string of the molecule is CCC1OCCC1C(=O)c1ccc(F)c2ccccc12. The van der Waals surface area contributed by atoms with Gasteiger partial charge >= 0.3 is 0 Å². The lowest BCUT2D eigenvalue weighted by molar-refractivity contribution is 0.0690. The summed E-state index contributed by atoms with van der Waals surface area (Å²) in [4.78, 5) is 12.7. The number of rotatable bonds is 3. The van der Waals surface area contributed by atoms with E-state index in [4.69, 9.17) is 4.74 Å². The van der Waals surface area contributed by atoms with Crippen molar-refractivity contribution in [1.29, 1.82) is 0 Å². The fourth-order valence-electron chi connectivity index (χ4n) is 3.03. The molecule has 2 atom stereocenters. The van der Waals surface area contributed by atoms with E-state index in [1.54, 1.807) is 18.2 Å². The highest BCUT2D eigenvalue weighted by Crippen LogP contribution is 2.30. The van der Waals surface area contributed by atoms with E-state index in [-0.39, 0.29) is 23.6 Å². The number of hydrogen-bond acceptors (Lipinski definition) is 2. The van der Waals surface area contributed by atoms with E-state index in [9.17, 15) is 9.18 Å². The summed E-state index contributed by atoms with van der Waals surface area (Å²) in [6.07, 6.45) is 1.57. The van der Waals surface area contributed by atoms with Crippen LogP contribution >= 0.6 is 0 Å². The van der Waals surface area contributed by atoms with Crippen LogP contribution in [0.25, 0.3) is 10.8 Å². The molecule has 0 amide bonds. The van der Waals surface area contributed by atoms with Gasteiger partial charge in [-0.15, -0.1) is 0 Å². The van der Waals surface area contributed by atoms with Crippen molar-refractivity contribution in [3.05, 3.63) is 47.8 Å². The molecule has 2 nitrogen and oxygen atoms in total. The second-order valence-electron chi connectivity index (χ2n) is 5.22. The number of benzene rings is 2. The average Bonchev–Trinajstić information content (AvgIpc) is 2.96. The molecule has 0 saturated carbocycles. The number of ether oxygens (including phenoxy) is 1. The Morgan fingerprint density at radius 3 is 2.75 bits per heavy atom. The Balaban J connectivity index is 2.06. The van der Waals surface area contributed by atoms with Crippen molar-refractivity contribution in [3.63, 3.8) is 0 Å². The largest absolute Gasteiger partial charge is 0.377 e. The zero-order chi connectivity index (χ0) is 14.1. The highest BCUT2D eigenvalue weighted by molar-refractivity contribution is 6.09. The third-order valence-corrected chi connectivity index (χ3v) is 4.09. The molecule has 1 saturated heterocycles. The number of Topliss-reactive ketones (excluding diaryl/α,β-unsaturated/α-hetero) is 1. The first-order valence-electron chi connectivity index (χ1n) is 7.05. The van der Waals surface area contributed by atoms with Gasteiger partial charge in [0.2, 0.25) is 0 Å². The summed E-state index contributed by atoms with van der Waals surface area (Å²) in [5.41, 5.74) is 0.607. The zero-order valence-corrected chi connectivity index (χ0v) is 11.4.